The van der Waals surface area contributed by atoms with Gasteiger partial charge in [-0.2, -0.15) is 0 Å². The Labute approximate surface area is 107 Å². The zero-order chi connectivity index (χ0) is 13.1. The van der Waals surface area contributed by atoms with Gasteiger partial charge in [-0.25, -0.2) is 4.79 Å². The predicted molar refractivity (Wildman–Crippen MR) is 67.0 cm³/mol. The molecule has 1 aromatic carbocycles. The van der Waals surface area contributed by atoms with Crippen molar-refractivity contribution in [3.63, 3.8) is 0 Å². The van der Waals surface area contributed by atoms with Crippen LogP contribution in [0.2, 0.25) is 0 Å². The van der Waals surface area contributed by atoms with Crippen molar-refractivity contribution >= 4 is 16.8 Å². The fourth-order valence-corrected chi connectivity index (χ4v) is 2.99. The number of aryl methyl sites for hydroxylation is 1. The molecule has 1 atom stereocenters. The van der Waals surface area contributed by atoms with Crippen LogP contribution in [0.5, 0.6) is 0 Å². The van der Waals surface area contributed by atoms with Crippen molar-refractivity contribution < 1.29 is 18.5 Å². The van der Waals surface area contributed by atoms with E-state index in [9.17, 15) is 9.00 Å². The number of carboxylic acid groups (broad SMARTS) is 1. The minimum Gasteiger partial charge on any atom is -0.475 e. The minimum atomic E-state index is -1.27. The van der Waals surface area contributed by atoms with E-state index in [4.69, 9.17) is 9.52 Å². The summed E-state index contributed by atoms with van der Waals surface area (Å²) in [6, 6.07) is 8.89. The number of hydrogen-bond donors (Lipinski definition) is 1. The molecule has 1 aromatic heterocycles. The lowest BCUT2D eigenvalue weighted by atomic mass is 10.2. The Morgan fingerprint density at radius 2 is 2.06 bits per heavy atom. The van der Waals surface area contributed by atoms with Crippen molar-refractivity contribution in [2.45, 2.75) is 17.6 Å². The summed E-state index contributed by atoms with van der Waals surface area (Å²) in [6.07, 6.45) is 1.30. The zero-order valence-electron chi connectivity index (χ0n) is 9.75. The molecule has 4 nitrogen and oxygen atoms in total. The molecule has 0 spiro atoms. The standard InChI is InChI=1S/C13H12O4S/c1-9-4-2-3-5-11(9)18(16)8-10-6-7-17-12(10)13(14)15/h2-7H,8H2,1H3,(H,14,15). The maximum Gasteiger partial charge on any atom is 0.372 e. The van der Waals surface area contributed by atoms with Gasteiger partial charge < -0.3 is 9.52 Å². The molecule has 18 heavy (non-hydrogen) atoms. The predicted octanol–water partition coefficient (Wildman–Crippen LogP) is 2.59. The molecule has 0 radical (unpaired) electrons. The summed E-state index contributed by atoms with van der Waals surface area (Å²) in [5, 5.41) is 8.90. The number of aromatic carboxylic acids is 1. The van der Waals surface area contributed by atoms with Gasteiger partial charge in [-0.3, -0.25) is 4.21 Å². The molecule has 0 aliphatic heterocycles. The first-order chi connectivity index (χ1) is 8.59. The largest absolute Gasteiger partial charge is 0.475 e. The average molecular weight is 264 g/mol. The van der Waals surface area contributed by atoms with Gasteiger partial charge in [0.25, 0.3) is 0 Å². The summed E-state index contributed by atoms with van der Waals surface area (Å²) >= 11 is 0. The van der Waals surface area contributed by atoms with Gasteiger partial charge in [0.1, 0.15) is 0 Å². The third-order valence-corrected chi connectivity index (χ3v) is 4.09. The van der Waals surface area contributed by atoms with Crippen LogP contribution in [0, 0.1) is 6.92 Å². The second-order valence-electron chi connectivity index (χ2n) is 3.84. The lowest BCUT2D eigenvalue weighted by molar-refractivity contribution is 0.0661. The molecule has 0 amide bonds. The van der Waals surface area contributed by atoms with Crippen LogP contribution in [0.3, 0.4) is 0 Å². The zero-order valence-corrected chi connectivity index (χ0v) is 10.6. The van der Waals surface area contributed by atoms with E-state index in [0.29, 0.717) is 5.56 Å². The highest BCUT2D eigenvalue weighted by molar-refractivity contribution is 7.84. The average Bonchev–Trinajstić information content (AvgIpc) is 2.77. The van der Waals surface area contributed by atoms with E-state index in [1.807, 2.05) is 25.1 Å². The highest BCUT2D eigenvalue weighted by Gasteiger charge is 2.17. The van der Waals surface area contributed by atoms with Crippen molar-refractivity contribution in [3.8, 4) is 0 Å². The maximum absolute atomic E-state index is 12.2. The van der Waals surface area contributed by atoms with E-state index in [1.54, 1.807) is 12.1 Å². The van der Waals surface area contributed by atoms with Gasteiger partial charge in [-0.15, -0.1) is 0 Å². The normalized spacial score (nSPS) is 12.3. The Morgan fingerprint density at radius 3 is 2.72 bits per heavy atom. The summed E-state index contributed by atoms with van der Waals surface area (Å²) in [6.45, 7) is 1.88. The third-order valence-electron chi connectivity index (χ3n) is 2.57. The van der Waals surface area contributed by atoms with Crippen LogP contribution in [0.25, 0.3) is 0 Å². The smallest absolute Gasteiger partial charge is 0.372 e. The second kappa shape index (κ2) is 5.18. The second-order valence-corrected chi connectivity index (χ2v) is 5.26. The fraction of sp³-hybridized carbons (Fsp3) is 0.154. The first-order valence-electron chi connectivity index (χ1n) is 5.33. The summed E-state index contributed by atoms with van der Waals surface area (Å²) in [5.74, 6) is -1.14. The molecule has 1 heterocycles. The van der Waals surface area contributed by atoms with E-state index in [-0.39, 0.29) is 11.5 Å². The monoisotopic (exact) mass is 264 g/mol. The molecular formula is C13H12O4S. The Hall–Kier alpha value is -1.88. The fourth-order valence-electron chi connectivity index (χ4n) is 1.67. The number of furan rings is 1. The van der Waals surface area contributed by atoms with E-state index in [1.165, 1.54) is 6.26 Å². The molecular weight excluding hydrogens is 252 g/mol. The van der Waals surface area contributed by atoms with Crippen molar-refractivity contribution in [2.24, 2.45) is 0 Å². The molecule has 1 unspecified atom stereocenters. The third kappa shape index (κ3) is 2.51. The molecule has 5 heteroatoms. The summed E-state index contributed by atoms with van der Waals surface area (Å²) < 4.78 is 17.0. The van der Waals surface area contributed by atoms with Gasteiger partial charge in [0.2, 0.25) is 5.76 Å². The van der Waals surface area contributed by atoms with Crippen LogP contribution in [0.15, 0.2) is 45.9 Å². The maximum atomic E-state index is 12.2. The minimum absolute atomic E-state index is 0.142. The van der Waals surface area contributed by atoms with Crippen LogP contribution in [-0.2, 0) is 16.6 Å². The highest BCUT2D eigenvalue weighted by Crippen LogP contribution is 2.19. The van der Waals surface area contributed by atoms with E-state index in [0.717, 1.165) is 10.5 Å². The van der Waals surface area contributed by atoms with Crippen LogP contribution < -0.4 is 0 Å². The van der Waals surface area contributed by atoms with Crippen molar-refractivity contribution in [1.29, 1.82) is 0 Å². The highest BCUT2D eigenvalue weighted by atomic mass is 32.2. The number of carbonyl (C=O) groups is 1. The van der Waals surface area contributed by atoms with Crippen molar-refractivity contribution in [3.05, 3.63) is 53.5 Å². The van der Waals surface area contributed by atoms with Gasteiger partial charge in [0, 0.05) is 10.5 Å². The lowest BCUT2D eigenvalue weighted by Crippen LogP contribution is -2.03. The van der Waals surface area contributed by atoms with Gasteiger partial charge >= 0.3 is 5.97 Å². The van der Waals surface area contributed by atoms with Gasteiger partial charge in [-0.05, 0) is 24.6 Å². The molecule has 1 N–H and O–H groups in total. The van der Waals surface area contributed by atoms with Gasteiger partial charge in [0.15, 0.2) is 0 Å². The molecule has 0 aliphatic rings. The molecule has 2 aromatic rings. The first kappa shape index (κ1) is 12.6. The topological polar surface area (TPSA) is 67.5 Å². The van der Waals surface area contributed by atoms with Crippen molar-refractivity contribution in [2.75, 3.05) is 0 Å². The Kier molecular flexibility index (Phi) is 3.62. The van der Waals surface area contributed by atoms with Gasteiger partial charge in [0.05, 0.1) is 22.8 Å². The van der Waals surface area contributed by atoms with Gasteiger partial charge in [-0.1, -0.05) is 18.2 Å². The van der Waals surface area contributed by atoms with E-state index >= 15 is 0 Å². The van der Waals surface area contributed by atoms with Crippen LogP contribution in [0.1, 0.15) is 21.7 Å². The molecule has 94 valence electrons. The number of benzene rings is 1. The van der Waals surface area contributed by atoms with E-state index < -0.39 is 16.8 Å². The summed E-state index contributed by atoms with van der Waals surface area (Å²) in [7, 11) is -1.27. The van der Waals surface area contributed by atoms with Crippen molar-refractivity contribution in [1.82, 2.24) is 0 Å². The molecule has 0 fully saturated rings. The SMILES string of the molecule is Cc1ccccc1S(=O)Cc1ccoc1C(=O)O. The Bertz CT molecular complexity index is 601. The quantitative estimate of drug-likeness (QED) is 0.921. The number of rotatable bonds is 4. The molecule has 0 bridgehead atoms. The lowest BCUT2D eigenvalue weighted by Gasteiger charge is -2.04. The molecule has 0 saturated carbocycles. The molecule has 2 rings (SSSR count). The van der Waals surface area contributed by atoms with Crippen LogP contribution >= 0.6 is 0 Å². The molecule has 0 saturated heterocycles. The summed E-state index contributed by atoms with van der Waals surface area (Å²) in [4.78, 5) is 11.6. The van der Waals surface area contributed by atoms with Crippen LogP contribution in [-0.4, -0.2) is 15.3 Å². The first-order valence-corrected chi connectivity index (χ1v) is 6.65. The Morgan fingerprint density at radius 1 is 1.33 bits per heavy atom. The number of carboxylic acids is 1. The summed E-state index contributed by atoms with van der Waals surface area (Å²) in [5.41, 5.74) is 1.38. The molecule has 0 aliphatic carbocycles. The van der Waals surface area contributed by atoms with Crippen LogP contribution in [0.4, 0.5) is 0 Å². The van der Waals surface area contributed by atoms with E-state index in [2.05, 4.69) is 0 Å². The number of hydrogen-bond acceptors (Lipinski definition) is 3. The Balaban J connectivity index is 2.25.